The number of carbonyl (C=O) groups is 1. The summed E-state index contributed by atoms with van der Waals surface area (Å²) in [6.45, 7) is 6.10. The highest BCUT2D eigenvalue weighted by atomic mass is 32.2. The monoisotopic (exact) mass is 415 g/mol. The largest absolute Gasteiger partial charge is 0.325 e. The summed E-state index contributed by atoms with van der Waals surface area (Å²) in [5, 5.41) is 13.6. The highest BCUT2D eigenvalue weighted by Gasteiger charge is 2.19. The Kier molecular flexibility index (Phi) is 6.31. The number of non-ortho nitro benzene ring substituents is 1. The number of para-hydroxylation sites is 1. The first-order valence-electron chi connectivity index (χ1n) is 9.00. The van der Waals surface area contributed by atoms with Crippen LogP contribution in [-0.4, -0.2) is 21.1 Å². The molecule has 0 bridgehead atoms. The summed E-state index contributed by atoms with van der Waals surface area (Å²) in [6.07, 6.45) is 0.995. The van der Waals surface area contributed by atoms with Crippen molar-refractivity contribution in [3.8, 4) is 0 Å². The van der Waals surface area contributed by atoms with Gasteiger partial charge in [0.2, 0.25) is 5.91 Å². The number of anilines is 1. The Morgan fingerprint density at radius 3 is 2.75 bits per heavy atom. The lowest BCUT2D eigenvalue weighted by atomic mass is 9.97. The van der Waals surface area contributed by atoms with Crippen molar-refractivity contribution >= 4 is 50.6 Å². The number of rotatable bonds is 7. The maximum atomic E-state index is 12.7. The normalized spacial score (nSPS) is 13.2. The molecule has 2 atom stereocenters. The third-order valence-corrected chi connectivity index (χ3v) is 6.78. The van der Waals surface area contributed by atoms with E-state index >= 15 is 0 Å². The zero-order chi connectivity index (χ0) is 20.3. The fourth-order valence-electron chi connectivity index (χ4n) is 2.76. The minimum absolute atomic E-state index is 0.0418. The van der Waals surface area contributed by atoms with Gasteiger partial charge in [-0.15, -0.1) is 11.3 Å². The van der Waals surface area contributed by atoms with Crippen LogP contribution in [0.25, 0.3) is 10.2 Å². The summed E-state index contributed by atoms with van der Waals surface area (Å²) in [5.74, 6) is 0.269. The second-order valence-electron chi connectivity index (χ2n) is 6.53. The van der Waals surface area contributed by atoms with Gasteiger partial charge >= 0.3 is 0 Å². The van der Waals surface area contributed by atoms with Gasteiger partial charge in [-0.25, -0.2) is 4.98 Å². The number of nitrogens with one attached hydrogen (secondary N) is 1. The fraction of sp³-hybridized carbons (Fsp3) is 0.300. The molecule has 0 spiro atoms. The molecule has 0 saturated carbocycles. The first kappa shape index (κ1) is 20.3. The number of thioether (sulfide) groups is 1. The number of aromatic nitrogens is 1. The quantitative estimate of drug-likeness (QED) is 0.298. The molecule has 1 amide bonds. The molecule has 0 unspecified atom stereocenters. The van der Waals surface area contributed by atoms with Crippen LogP contribution in [0.2, 0.25) is 0 Å². The van der Waals surface area contributed by atoms with E-state index < -0.39 is 4.92 Å². The van der Waals surface area contributed by atoms with Crippen molar-refractivity contribution in [2.24, 2.45) is 0 Å². The van der Waals surface area contributed by atoms with Gasteiger partial charge in [-0.05, 0) is 37.0 Å². The van der Waals surface area contributed by atoms with E-state index in [1.54, 1.807) is 6.07 Å². The molecule has 0 aliphatic heterocycles. The van der Waals surface area contributed by atoms with E-state index in [1.807, 2.05) is 31.2 Å². The van der Waals surface area contributed by atoms with Gasteiger partial charge in [-0.2, -0.15) is 0 Å². The summed E-state index contributed by atoms with van der Waals surface area (Å²) in [4.78, 5) is 27.7. The minimum atomic E-state index is -0.420. The predicted octanol–water partition coefficient (Wildman–Crippen LogP) is 5.84. The first-order valence-corrected chi connectivity index (χ1v) is 10.7. The van der Waals surface area contributed by atoms with Crippen molar-refractivity contribution in [2.75, 3.05) is 5.32 Å². The molecule has 3 rings (SSSR count). The van der Waals surface area contributed by atoms with Crippen molar-refractivity contribution in [2.45, 2.75) is 42.7 Å². The van der Waals surface area contributed by atoms with Gasteiger partial charge in [0.15, 0.2) is 4.34 Å². The number of hydrogen-bond acceptors (Lipinski definition) is 6. The number of hydrogen-bond donors (Lipinski definition) is 1. The van der Waals surface area contributed by atoms with E-state index in [9.17, 15) is 14.9 Å². The highest BCUT2D eigenvalue weighted by molar-refractivity contribution is 8.02. The van der Waals surface area contributed by atoms with Crippen molar-refractivity contribution in [1.82, 2.24) is 4.98 Å². The number of benzene rings is 2. The summed E-state index contributed by atoms with van der Waals surface area (Å²) >= 11 is 2.72. The summed E-state index contributed by atoms with van der Waals surface area (Å²) in [5.41, 5.74) is 2.71. The van der Waals surface area contributed by atoms with Gasteiger partial charge in [-0.1, -0.05) is 43.8 Å². The Balaban J connectivity index is 1.73. The Morgan fingerprint density at radius 1 is 1.29 bits per heavy atom. The Morgan fingerprint density at radius 2 is 2.04 bits per heavy atom. The van der Waals surface area contributed by atoms with Crippen molar-refractivity contribution in [3.63, 3.8) is 0 Å². The number of thiazole rings is 1. The number of fused-ring (bicyclic) bond motifs is 1. The van der Waals surface area contributed by atoms with Gasteiger partial charge in [-0.3, -0.25) is 14.9 Å². The van der Waals surface area contributed by atoms with Crippen LogP contribution in [0.3, 0.4) is 0 Å². The van der Waals surface area contributed by atoms with Gasteiger partial charge in [0.1, 0.15) is 0 Å². The lowest BCUT2D eigenvalue weighted by Crippen LogP contribution is -2.23. The Labute approximate surface area is 171 Å². The standard InChI is InChI=1S/C20H21N3O3S2/c1-4-12(2)15-7-5-6-8-16(15)21-19(24)13(3)27-20-22-17-10-9-14(23(25)26)11-18(17)28-20/h5-13H,4H2,1-3H3,(H,21,24)/t12-,13+/m0/s1. The minimum Gasteiger partial charge on any atom is -0.325 e. The third kappa shape index (κ3) is 4.51. The summed E-state index contributed by atoms with van der Waals surface area (Å²) in [6, 6.07) is 12.5. The average Bonchev–Trinajstić information content (AvgIpc) is 3.08. The van der Waals surface area contributed by atoms with Crippen LogP contribution < -0.4 is 5.32 Å². The van der Waals surface area contributed by atoms with E-state index in [-0.39, 0.29) is 16.8 Å². The van der Waals surface area contributed by atoms with Crippen molar-refractivity contribution in [1.29, 1.82) is 0 Å². The highest BCUT2D eigenvalue weighted by Crippen LogP contribution is 2.34. The topological polar surface area (TPSA) is 85.1 Å². The SMILES string of the molecule is CC[C@H](C)c1ccccc1NC(=O)[C@@H](C)Sc1nc2ccc([N+](=O)[O-])cc2s1. The molecular weight excluding hydrogens is 394 g/mol. The molecule has 28 heavy (non-hydrogen) atoms. The van der Waals surface area contributed by atoms with Crippen LogP contribution in [0, 0.1) is 10.1 Å². The van der Waals surface area contributed by atoms with Crippen molar-refractivity contribution < 1.29 is 9.72 Å². The maximum Gasteiger partial charge on any atom is 0.270 e. The molecule has 0 fully saturated rings. The molecule has 3 aromatic rings. The molecular formula is C20H21N3O3S2. The van der Waals surface area contributed by atoms with E-state index in [4.69, 9.17) is 0 Å². The molecule has 0 aliphatic carbocycles. The number of nitro benzene ring substituents is 1. The van der Waals surface area contributed by atoms with E-state index in [0.717, 1.165) is 22.4 Å². The van der Waals surface area contributed by atoms with Crippen LogP contribution >= 0.6 is 23.1 Å². The number of nitro groups is 1. The van der Waals surface area contributed by atoms with Gasteiger partial charge in [0, 0.05) is 17.8 Å². The first-order chi connectivity index (χ1) is 13.4. The van der Waals surface area contributed by atoms with Crippen LogP contribution in [-0.2, 0) is 4.79 Å². The van der Waals surface area contributed by atoms with Crippen LogP contribution in [0.1, 0.15) is 38.7 Å². The van der Waals surface area contributed by atoms with E-state index in [0.29, 0.717) is 15.8 Å². The molecule has 6 nitrogen and oxygen atoms in total. The molecule has 1 heterocycles. The average molecular weight is 416 g/mol. The zero-order valence-electron chi connectivity index (χ0n) is 15.8. The molecule has 0 saturated heterocycles. The molecule has 1 aromatic heterocycles. The molecule has 0 radical (unpaired) electrons. The van der Waals surface area contributed by atoms with Gasteiger partial charge in [0.25, 0.3) is 5.69 Å². The third-order valence-electron chi connectivity index (χ3n) is 4.57. The molecule has 2 aromatic carbocycles. The molecule has 1 N–H and O–H groups in total. The maximum absolute atomic E-state index is 12.7. The van der Waals surface area contributed by atoms with E-state index in [1.165, 1.54) is 35.2 Å². The fourth-order valence-corrected chi connectivity index (χ4v) is 5.00. The predicted molar refractivity (Wildman–Crippen MR) is 115 cm³/mol. The van der Waals surface area contributed by atoms with Crippen LogP contribution in [0.4, 0.5) is 11.4 Å². The second kappa shape index (κ2) is 8.70. The molecule has 0 aliphatic rings. The number of nitrogens with zero attached hydrogens (tertiary/aromatic N) is 2. The number of amides is 1. The summed E-state index contributed by atoms with van der Waals surface area (Å²) in [7, 11) is 0. The second-order valence-corrected chi connectivity index (χ2v) is 9.15. The lowest BCUT2D eigenvalue weighted by molar-refractivity contribution is -0.384. The van der Waals surface area contributed by atoms with Gasteiger partial charge < -0.3 is 5.32 Å². The number of carbonyl (C=O) groups excluding carboxylic acids is 1. The van der Waals surface area contributed by atoms with Crippen LogP contribution in [0.5, 0.6) is 0 Å². The zero-order valence-corrected chi connectivity index (χ0v) is 17.5. The molecule has 146 valence electrons. The smallest absolute Gasteiger partial charge is 0.270 e. The Bertz CT molecular complexity index is 1020. The lowest BCUT2D eigenvalue weighted by Gasteiger charge is -2.17. The van der Waals surface area contributed by atoms with Crippen molar-refractivity contribution in [3.05, 3.63) is 58.1 Å². The van der Waals surface area contributed by atoms with E-state index in [2.05, 4.69) is 24.1 Å². The van der Waals surface area contributed by atoms with Crippen LogP contribution in [0.15, 0.2) is 46.8 Å². The molecule has 8 heteroatoms. The Hall–Kier alpha value is -2.45. The van der Waals surface area contributed by atoms with Gasteiger partial charge in [0.05, 0.1) is 20.4 Å². The summed E-state index contributed by atoms with van der Waals surface area (Å²) < 4.78 is 1.46.